The average Bonchev–Trinajstić information content (AvgIpc) is 4.04. The predicted octanol–water partition coefficient (Wildman–Crippen LogP) is 11.0. The molecule has 0 spiro atoms. The number of benzene rings is 4. The van der Waals surface area contributed by atoms with Crippen molar-refractivity contribution in [3.05, 3.63) is 143 Å². The molecule has 0 bridgehead atoms. The van der Waals surface area contributed by atoms with E-state index in [-0.39, 0.29) is 15.9 Å². The van der Waals surface area contributed by atoms with Gasteiger partial charge < -0.3 is 9.16 Å². The summed E-state index contributed by atoms with van der Waals surface area (Å²) in [6, 6.07) is 39.6. The molecule has 0 radical (unpaired) electrons. The van der Waals surface area contributed by atoms with Crippen LogP contribution in [-0.4, -0.2) is 26.0 Å². The van der Waals surface area contributed by atoms with Gasteiger partial charge in [0.1, 0.15) is 5.75 Å². The van der Waals surface area contributed by atoms with Crippen LogP contribution in [0.25, 0.3) is 11.1 Å². The molecule has 0 N–H and O–H groups in total. The second-order valence-electron chi connectivity index (χ2n) is 16.7. The summed E-state index contributed by atoms with van der Waals surface area (Å²) in [5, 5.41) is 3.57. The van der Waals surface area contributed by atoms with Gasteiger partial charge in [0.15, 0.2) is 0 Å². The smallest absolute Gasteiger partial charge is 0.261 e. The zero-order chi connectivity index (χ0) is 35.8. The molecule has 3 aliphatic carbocycles. The summed E-state index contributed by atoms with van der Waals surface area (Å²) in [4.78, 5) is 4.63. The Morgan fingerprint density at radius 2 is 1.40 bits per heavy atom. The maximum atomic E-state index is 7.27. The van der Waals surface area contributed by atoms with Crippen LogP contribution in [0, 0.1) is 0 Å². The van der Waals surface area contributed by atoms with Crippen LogP contribution in [0.2, 0.25) is 10.1 Å². The lowest BCUT2D eigenvalue weighted by Gasteiger charge is -2.43. The fourth-order valence-corrected chi connectivity index (χ4v) is 13.5. The van der Waals surface area contributed by atoms with Crippen molar-refractivity contribution < 1.29 is 9.16 Å². The summed E-state index contributed by atoms with van der Waals surface area (Å²) in [6.07, 6.45) is 15.8. The highest BCUT2D eigenvalue weighted by Gasteiger charge is 2.51. The number of halogens is 1. The quantitative estimate of drug-likeness (QED) is 0.0795. The first-order valence-corrected chi connectivity index (χ1v) is 21.8. The van der Waals surface area contributed by atoms with Gasteiger partial charge in [-0.3, -0.25) is 4.98 Å². The van der Waals surface area contributed by atoms with E-state index in [2.05, 4.69) is 141 Å². The van der Waals surface area contributed by atoms with Gasteiger partial charge >= 0.3 is 0 Å². The maximum Gasteiger partial charge on any atom is 0.261 e. The standard InChI is InChI=1S/C47H52ClNO2Si/c1-45(2,3)52(38-13-6-4-7-14-38,39-15-8-5-9-16-39)50-32-12-25-46(27-28-46)36-19-22-43(48)35(33-36)23-26-47(29-30-47)42-34-49-31-24-40(42)41-17-10-11-18-44(41)51-37-20-21-37/h4-11,13-19,22,24,31,33-34,37H,12,20-21,23,25-30,32H2,1-3H3. The van der Waals surface area contributed by atoms with Gasteiger partial charge in [0.05, 0.1) is 6.10 Å². The molecule has 1 heterocycles. The molecule has 0 unspecified atom stereocenters. The zero-order valence-corrected chi connectivity index (χ0v) is 32.8. The van der Waals surface area contributed by atoms with Crippen molar-refractivity contribution in [1.29, 1.82) is 0 Å². The summed E-state index contributed by atoms with van der Waals surface area (Å²) in [7, 11) is -2.53. The molecule has 5 heteroatoms. The lowest BCUT2D eigenvalue weighted by Crippen LogP contribution is -2.66. The molecule has 4 aromatic carbocycles. The predicted molar refractivity (Wildman–Crippen MR) is 218 cm³/mol. The minimum atomic E-state index is -2.53. The van der Waals surface area contributed by atoms with Crippen LogP contribution in [0.5, 0.6) is 5.75 Å². The third-order valence-corrected chi connectivity index (χ3v) is 17.6. The number of hydrogen-bond acceptors (Lipinski definition) is 3. The van der Waals surface area contributed by atoms with E-state index in [0.717, 1.165) is 55.9 Å². The van der Waals surface area contributed by atoms with Crippen LogP contribution in [0.3, 0.4) is 0 Å². The normalized spacial score (nSPS) is 17.5. The van der Waals surface area contributed by atoms with Crippen molar-refractivity contribution in [2.75, 3.05) is 6.61 Å². The molecule has 3 nitrogen and oxygen atoms in total. The Kier molecular flexibility index (Phi) is 9.69. The number of aryl methyl sites for hydroxylation is 1. The number of nitrogens with zero attached hydrogens (tertiary/aromatic N) is 1. The third-order valence-electron chi connectivity index (χ3n) is 12.2. The molecular weight excluding hydrogens is 674 g/mol. The van der Waals surface area contributed by atoms with Gasteiger partial charge in [-0.15, -0.1) is 0 Å². The Hall–Kier alpha value is -3.70. The van der Waals surface area contributed by atoms with E-state index in [9.17, 15) is 0 Å². The van der Waals surface area contributed by atoms with Crippen LogP contribution in [0.4, 0.5) is 0 Å². The second-order valence-corrected chi connectivity index (χ2v) is 21.4. The molecule has 0 saturated heterocycles. The molecule has 5 aromatic rings. The zero-order valence-electron chi connectivity index (χ0n) is 31.0. The minimum absolute atomic E-state index is 0.0126. The van der Waals surface area contributed by atoms with Crippen molar-refractivity contribution in [3.8, 4) is 16.9 Å². The van der Waals surface area contributed by atoms with Crippen molar-refractivity contribution in [1.82, 2.24) is 4.98 Å². The first kappa shape index (κ1) is 35.3. The number of para-hydroxylation sites is 1. The van der Waals surface area contributed by atoms with E-state index >= 15 is 0 Å². The van der Waals surface area contributed by atoms with Gasteiger partial charge in [-0.1, -0.05) is 123 Å². The van der Waals surface area contributed by atoms with Crippen LogP contribution in [0.1, 0.15) is 95.2 Å². The summed E-state index contributed by atoms with van der Waals surface area (Å²) >= 11 is 6.96. The van der Waals surface area contributed by atoms with Gasteiger partial charge in [0.25, 0.3) is 8.32 Å². The van der Waals surface area contributed by atoms with E-state index in [1.54, 1.807) is 0 Å². The molecule has 0 aliphatic heterocycles. The Bertz CT molecular complexity index is 1950. The number of ether oxygens (including phenoxy) is 1. The lowest BCUT2D eigenvalue weighted by molar-refractivity contribution is 0.282. The van der Waals surface area contributed by atoms with Crippen molar-refractivity contribution in [2.24, 2.45) is 0 Å². The summed E-state index contributed by atoms with van der Waals surface area (Å²) in [5.74, 6) is 0.996. The van der Waals surface area contributed by atoms with Gasteiger partial charge in [-0.2, -0.15) is 0 Å². The molecule has 3 fully saturated rings. The largest absolute Gasteiger partial charge is 0.490 e. The SMILES string of the molecule is CC(C)(C)[Si](OCCCC1(c2ccc(Cl)c(CCC3(c4cnccc4-c4ccccc4OC4CC4)CC3)c2)CC1)(c1ccccc1)c1ccccc1. The number of aromatic nitrogens is 1. The summed E-state index contributed by atoms with van der Waals surface area (Å²) < 4.78 is 13.6. The van der Waals surface area contributed by atoms with E-state index in [0.29, 0.717) is 6.10 Å². The summed E-state index contributed by atoms with van der Waals surface area (Å²) in [5.41, 5.74) is 6.90. The molecule has 0 atom stereocenters. The van der Waals surface area contributed by atoms with Gasteiger partial charge in [-0.05, 0) is 131 Å². The molecule has 0 amide bonds. The fraction of sp³-hybridized carbons (Fsp3) is 0.383. The number of rotatable bonds is 15. The van der Waals surface area contributed by atoms with E-state index < -0.39 is 8.32 Å². The number of pyridine rings is 1. The Morgan fingerprint density at radius 1 is 0.750 bits per heavy atom. The van der Waals surface area contributed by atoms with Crippen LogP contribution in [0.15, 0.2) is 122 Å². The van der Waals surface area contributed by atoms with Crippen LogP contribution in [-0.2, 0) is 21.7 Å². The molecule has 8 rings (SSSR count). The lowest BCUT2D eigenvalue weighted by atomic mass is 9.84. The molecule has 3 saturated carbocycles. The Morgan fingerprint density at radius 3 is 2.04 bits per heavy atom. The first-order valence-electron chi connectivity index (χ1n) is 19.5. The van der Waals surface area contributed by atoms with E-state index in [1.165, 1.54) is 63.9 Å². The van der Waals surface area contributed by atoms with Crippen LogP contribution >= 0.6 is 11.6 Å². The van der Waals surface area contributed by atoms with Gasteiger partial charge in [-0.25, -0.2) is 0 Å². The third kappa shape index (κ3) is 7.02. The van der Waals surface area contributed by atoms with Crippen molar-refractivity contribution >= 4 is 30.3 Å². The molecule has 52 heavy (non-hydrogen) atoms. The van der Waals surface area contributed by atoms with Gasteiger partial charge in [0.2, 0.25) is 0 Å². The van der Waals surface area contributed by atoms with E-state index in [1.807, 2.05) is 6.20 Å². The van der Waals surface area contributed by atoms with Gasteiger partial charge in [0, 0.05) is 29.6 Å². The molecule has 268 valence electrons. The maximum absolute atomic E-state index is 7.27. The topological polar surface area (TPSA) is 31.4 Å². The Balaban J connectivity index is 0.969. The van der Waals surface area contributed by atoms with Crippen LogP contribution < -0.4 is 15.1 Å². The fourth-order valence-electron chi connectivity index (χ4n) is 8.72. The monoisotopic (exact) mass is 725 g/mol. The summed E-state index contributed by atoms with van der Waals surface area (Å²) in [6.45, 7) is 7.85. The van der Waals surface area contributed by atoms with Crippen molar-refractivity contribution in [2.45, 2.75) is 107 Å². The minimum Gasteiger partial charge on any atom is -0.490 e. The second kappa shape index (κ2) is 14.3. The first-order chi connectivity index (χ1) is 25.2. The van der Waals surface area contributed by atoms with Crippen molar-refractivity contribution in [3.63, 3.8) is 0 Å². The Labute approximate surface area is 316 Å². The molecule has 1 aromatic heterocycles. The molecule has 3 aliphatic rings. The highest BCUT2D eigenvalue weighted by Crippen LogP contribution is 2.56. The van der Waals surface area contributed by atoms with E-state index in [4.69, 9.17) is 20.8 Å². The number of hydrogen-bond donors (Lipinski definition) is 0. The highest BCUT2D eigenvalue weighted by atomic mass is 35.5. The average molecular weight is 726 g/mol. The molecular formula is C47H52ClNO2Si. The highest BCUT2D eigenvalue weighted by molar-refractivity contribution is 6.99.